The van der Waals surface area contributed by atoms with Crippen molar-refractivity contribution in [2.45, 2.75) is 34.0 Å². The highest BCUT2D eigenvalue weighted by atomic mass is 19.1. The number of aliphatic hydroxyl groups is 1. The number of halogens is 2. The van der Waals surface area contributed by atoms with Gasteiger partial charge in [0.2, 0.25) is 11.9 Å². The maximum absolute atomic E-state index is 13.6. The number of hydrogen-bond acceptors (Lipinski definition) is 11. The number of imide groups is 2. The number of hydrogen-bond donors (Lipinski definition) is 2. The summed E-state index contributed by atoms with van der Waals surface area (Å²) in [5, 5.41) is 18.5. The van der Waals surface area contributed by atoms with Crippen molar-refractivity contribution in [1.82, 2.24) is 20.1 Å². The predicted octanol–water partition coefficient (Wildman–Crippen LogP) is 3.95. The molecule has 3 aromatic rings. The van der Waals surface area contributed by atoms with Crippen LogP contribution >= 0.6 is 0 Å². The summed E-state index contributed by atoms with van der Waals surface area (Å²) in [5.41, 5.74) is 1.40. The van der Waals surface area contributed by atoms with E-state index in [-0.39, 0.29) is 52.0 Å². The lowest BCUT2D eigenvalue weighted by Crippen LogP contribution is -2.29. The summed E-state index contributed by atoms with van der Waals surface area (Å²) < 4.78 is 35.9. The summed E-state index contributed by atoms with van der Waals surface area (Å²) in [4.78, 5) is 59.0. The van der Waals surface area contributed by atoms with Gasteiger partial charge in [0.05, 0.1) is 49.9 Å². The van der Waals surface area contributed by atoms with Crippen molar-refractivity contribution in [2.75, 3.05) is 14.2 Å². The lowest BCUT2D eigenvalue weighted by Gasteiger charge is -2.13. The van der Waals surface area contributed by atoms with E-state index in [4.69, 9.17) is 24.6 Å². The van der Waals surface area contributed by atoms with E-state index in [0.717, 1.165) is 0 Å². The third-order valence-electron chi connectivity index (χ3n) is 6.57. The third-order valence-corrected chi connectivity index (χ3v) is 6.57. The number of benzene rings is 1. The van der Waals surface area contributed by atoms with Gasteiger partial charge in [-0.25, -0.2) is 9.97 Å². The maximum atomic E-state index is 13.6. The number of methoxy groups -OCH3 is 2. The largest absolute Gasteiger partial charge is 0.495 e. The van der Waals surface area contributed by atoms with E-state index < -0.39 is 35.5 Å². The Morgan fingerprint density at radius 3 is 1.83 bits per heavy atom. The number of rotatable bonds is 8. The fourth-order valence-corrected chi connectivity index (χ4v) is 4.23. The molecular weight excluding hydrogens is 622 g/mol. The minimum absolute atomic E-state index is 0.0743. The Morgan fingerprint density at radius 2 is 1.36 bits per heavy atom. The van der Waals surface area contributed by atoms with Crippen molar-refractivity contribution >= 4 is 23.6 Å². The molecule has 0 aliphatic carbocycles. The Morgan fingerprint density at radius 1 is 0.851 bits per heavy atom. The van der Waals surface area contributed by atoms with Crippen molar-refractivity contribution in [1.29, 1.82) is 0 Å². The van der Waals surface area contributed by atoms with Crippen molar-refractivity contribution < 1.29 is 52.6 Å². The van der Waals surface area contributed by atoms with E-state index in [2.05, 4.69) is 9.97 Å². The van der Waals surface area contributed by atoms with E-state index in [9.17, 15) is 28.0 Å². The molecule has 248 valence electrons. The summed E-state index contributed by atoms with van der Waals surface area (Å²) in [6.07, 6.45) is 5.70. The zero-order chi connectivity index (χ0) is 34.8. The number of hydroxylamine groups is 4. The summed E-state index contributed by atoms with van der Waals surface area (Å²) in [6.45, 7) is 4.69. The van der Waals surface area contributed by atoms with E-state index in [0.29, 0.717) is 22.1 Å². The van der Waals surface area contributed by atoms with Crippen molar-refractivity contribution in [2.24, 2.45) is 5.92 Å². The van der Waals surface area contributed by atoms with Crippen LogP contribution in [0.2, 0.25) is 0 Å². The molecular formula is C32H32F2N4O9. The molecule has 47 heavy (non-hydrogen) atoms. The van der Waals surface area contributed by atoms with Gasteiger partial charge >= 0.3 is 0 Å². The second kappa shape index (κ2) is 16.3. The molecule has 2 aliphatic heterocycles. The van der Waals surface area contributed by atoms with Crippen LogP contribution in [0.4, 0.5) is 8.78 Å². The number of nitrogens with zero attached hydrogens (tertiary/aromatic N) is 4. The lowest BCUT2D eigenvalue weighted by atomic mass is 9.99. The van der Waals surface area contributed by atoms with Gasteiger partial charge in [0.25, 0.3) is 23.6 Å². The first-order valence-electron chi connectivity index (χ1n) is 13.9. The molecule has 4 heterocycles. The first kappa shape index (κ1) is 36.1. The summed E-state index contributed by atoms with van der Waals surface area (Å²) in [7, 11) is 2.87. The molecule has 0 saturated carbocycles. The van der Waals surface area contributed by atoms with Crippen molar-refractivity contribution in [3.8, 4) is 11.5 Å². The molecule has 13 nitrogen and oxygen atoms in total. The monoisotopic (exact) mass is 654 g/mol. The van der Waals surface area contributed by atoms with Crippen LogP contribution in [0.15, 0.2) is 72.1 Å². The van der Waals surface area contributed by atoms with Crippen LogP contribution in [-0.4, -0.2) is 68.3 Å². The minimum Gasteiger partial charge on any atom is -0.495 e. The zero-order valence-electron chi connectivity index (χ0n) is 26.1. The quantitative estimate of drug-likeness (QED) is 0.205. The van der Waals surface area contributed by atoms with Crippen molar-refractivity contribution in [3.63, 3.8) is 0 Å². The standard InChI is InChI=1S/C15H11FN2O4.C10H13NO3.C7H8FNO2/c1-21-10-6-9(13(16)17-7-10)8-22-18-14(19)11-4-2-3-5-12(11)15(18)20;1-4-5-7-8(6(2)3)10(13)11(14)9(7)12;1-11-6-2-5(4-10)7(8)9-3-6/h2-7H,8H2,1H3;4-6,14H,1-3H3;2-3,10H,4H2,1H3/b;5-4-;. The molecule has 5 rings (SSSR count). The number of pyridine rings is 2. The fourth-order valence-electron chi connectivity index (χ4n) is 4.23. The smallest absolute Gasteiger partial charge is 0.285 e. The van der Waals surface area contributed by atoms with Gasteiger partial charge in [-0.2, -0.15) is 8.78 Å². The van der Waals surface area contributed by atoms with Crippen LogP contribution in [0, 0.1) is 17.8 Å². The number of aromatic nitrogens is 2. The topological polar surface area (TPSA) is 169 Å². The number of allylic oxidation sites excluding steroid dienone is 1. The van der Waals surface area contributed by atoms with E-state index in [1.54, 1.807) is 31.2 Å². The third kappa shape index (κ3) is 8.26. The second-order valence-electron chi connectivity index (χ2n) is 9.94. The van der Waals surface area contributed by atoms with Crippen LogP contribution in [0.5, 0.6) is 11.5 Å². The highest BCUT2D eigenvalue weighted by molar-refractivity contribution is 6.20. The Bertz CT molecular complexity index is 1690. The van der Waals surface area contributed by atoms with Gasteiger partial charge in [-0.15, -0.1) is 10.1 Å². The summed E-state index contributed by atoms with van der Waals surface area (Å²) in [5.74, 6) is -3.10. The second-order valence-corrected chi connectivity index (χ2v) is 9.94. The van der Waals surface area contributed by atoms with Crippen LogP contribution in [0.3, 0.4) is 0 Å². The Hall–Kier alpha value is -5.38. The number of carbonyl (C=O) groups excluding carboxylic acids is 4. The Labute approximate surface area is 268 Å². The molecule has 0 bridgehead atoms. The van der Waals surface area contributed by atoms with Gasteiger partial charge in [0.15, 0.2) is 0 Å². The van der Waals surface area contributed by atoms with Gasteiger partial charge in [-0.3, -0.25) is 29.2 Å². The number of aliphatic hydroxyl groups excluding tert-OH is 1. The summed E-state index contributed by atoms with van der Waals surface area (Å²) >= 11 is 0. The van der Waals surface area contributed by atoms with Crippen LogP contribution in [0.1, 0.15) is 52.6 Å². The molecule has 1 aromatic carbocycles. The number of carbonyl (C=O) groups is 4. The highest BCUT2D eigenvalue weighted by Crippen LogP contribution is 2.26. The summed E-state index contributed by atoms with van der Waals surface area (Å²) in [6, 6.07) is 9.17. The number of ether oxygens (including phenoxy) is 2. The first-order valence-corrected chi connectivity index (χ1v) is 13.9. The van der Waals surface area contributed by atoms with Crippen LogP contribution < -0.4 is 9.47 Å². The molecule has 4 amide bonds. The van der Waals surface area contributed by atoms with E-state index in [1.165, 1.54) is 50.9 Å². The zero-order valence-corrected chi connectivity index (χ0v) is 26.1. The molecule has 0 fully saturated rings. The molecule has 2 N–H and O–H groups in total. The molecule has 0 radical (unpaired) electrons. The van der Waals surface area contributed by atoms with Gasteiger partial charge < -0.3 is 14.6 Å². The molecule has 2 aromatic heterocycles. The molecule has 15 heteroatoms. The molecule has 0 unspecified atom stereocenters. The normalized spacial score (nSPS) is 14.0. The highest BCUT2D eigenvalue weighted by Gasteiger charge is 2.38. The molecule has 0 saturated heterocycles. The van der Waals surface area contributed by atoms with Crippen molar-refractivity contribution in [3.05, 3.63) is 106 Å². The molecule has 2 aliphatic rings. The van der Waals surface area contributed by atoms with Crippen LogP contribution in [-0.2, 0) is 27.6 Å². The van der Waals surface area contributed by atoms with Gasteiger partial charge in [-0.05, 0) is 37.1 Å². The predicted molar refractivity (Wildman–Crippen MR) is 159 cm³/mol. The van der Waals surface area contributed by atoms with Gasteiger partial charge in [-0.1, -0.05) is 38.1 Å². The van der Waals surface area contributed by atoms with Crippen LogP contribution in [0.25, 0.3) is 0 Å². The van der Waals surface area contributed by atoms with E-state index in [1.807, 2.05) is 13.8 Å². The maximum Gasteiger partial charge on any atom is 0.285 e. The SMILES string of the molecule is C/C=C\C1=C(C(C)C)C(=O)N(O)C1=O.COc1cnc(F)c(CO)c1.COc1cnc(F)c(CON2C(=O)c3ccccc3C2=O)c1. The molecule has 0 spiro atoms. The van der Waals surface area contributed by atoms with E-state index >= 15 is 0 Å². The Balaban J connectivity index is 0.000000207. The lowest BCUT2D eigenvalue weighted by molar-refractivity contribution is -0.170. The van der Waals surface area contributed by atoms with Gasteiger partial charge in [0.1, 0.15) is 18.1 Å². The fraction of sp³-hybridized carbons (Fsp3) is 0.250. The van der Waals surface area contributed by atoms with Gasteiger partial charge in [0, 0.05) is 16.7 Å². The average molecular weight is 655 g/mol. The number of fused-ring (bicyclic) bond motifs is 1. The molecule has 0 atom stereocenters. The average Bonchev–Trinajstić information content (AvgIpc) is 3.44. The first-order chi connectivity index (χ1) is 22.4. The minimum atomic E-state index is -0.752. The number of amides is 4. The Kier molecular flexibility index (Phi) is 12.5.